The number of anilines is 1. The molecule has 0 aliphatic carbocycles. The molecule has 0 aliphatic rings. The first-order valence-corrected chi connectivity index (χ1v) is 8.58. The Morgan fingerprint density at radius 1 is 0.846 bits per heavy atom. The molecule has 0 aliphatic heterocycles. The van der Waals surface area contributed by atoms with E-state index >= 15 is 0 Å². The predicted molar refractivity (Wildman–Crippen MR) is 111 cm³/mol. The van der Waals surface area contributed by atoms with E-state index in [2.05, 4.69) is 36.2 Å². The van der Waals surface area contributed by atoms with E-state index in [0.717, 1.165) is 38.8 Å². The number of para-hydroxylation sites is 2. The van der Waals surface area contributed by atoms with Crippen molar-refractivity contribution in [2.75, 3.05) is 5.32 Å². The summed E-state index contributed by atoms with van der Waals surface area (Å²) in [5.41, 5.74) is 5.07. The summed E-state index contributed by atoms with van der Waals surface area (Å²) >= 11 is 0. The highest BCUT2D eigenvalue weighted by atomic mass is 16.3. The summed E-state index contributed by atoms with van der Waals surface area (Å²) in [4.78, 5) is 0. The SMILES string of the molecule is C=C/C=C(\C=C/Nc1ccccc1)c1ccc2oc3ccccc3c2c1. The van der Waals surface area contributed by atoms with Crippen LogP contribution in [0.3, 0.4) is 0 Å². The van der Waals surface area contributed by atoms with Gasteiger partial charge in [0, 0.05) is 22.7 Å². The molecule has 0 spiro atoms. The molecule has 0 fully saturated rings. The van der Waals surface area contributed by atoms with Gasteiger partial charge in [0.1, 0.15) is 11.2 Å². The monoisotopic (exact) mass is 337 g/mol. The number of nitrogens with one attached hydrogen (secondary N) is 1. The molecule has 4 rings (SSSR count). The molecule has 26 heavy (non-hydrogen) atoms. The summed E-state index contributed by atoms with van der Waals surface area (Å²) in [6.45, 7) is 3.85. The van der Waals surface area contributed by atoms with Crippen LogP contribution >= 0.6 is 0 Å². The minimum Gasteiger partial charge on any atom is -0.456 e. The zero-order valence-corrected chi connectivity index (χ0v) is 14.4. The molecule has 2 heteroatoms. The maximum atomic E-state index is 5.92. The van der Waals surface area contributed by atoms with Gasteiger partial charge in [-0.25, -0.2) is 0 Å². The van der Waals surface area contributed by atoms with Crippen molar-refractivity contribution in [2.45, 2.75) is 0 Å². The van der Waals surface area contributed by atoms with Crippen molar-refractivity contribution in [1.82, 2.24) is 0 Å². The smallest absolute Gasteiger partial charge is 0.135 e. The first kappa shape index (κ1) is 16.0. The molecule has 0 saturated heterocycles. The molecule has 0 saturated carbocycles. The fraction of sp³-hybridized carbons (Fsp3) is 0. The fourth-order valence-electron chi connectivity index (χ4n) is 3.04. The molecular weight excluding hydrogens is 318 g/mol. The number of allylic oxidation sites excluding steroid dienone is 4. The van der Waals surface area contributed by atoms with E-state index in [0.29, 0.717) is 0 Å². The van der Waals surface area contributed by atoms with Gasteiger partial charge in [0.15, 0.2) is 0 Å². The van der Waals surface area contributed by atoms with Crippen molar-refractivity contribution < 1.29 is 4.42 Å². The third-order valence-corrected chi connectivity index (χ3v) is 4.29. The molecule has 0 unspecified atom stereocenters. The predicted octanol–water partition coefficient (Wildman–Crippen LogP) is 6.78. The average molecular weight is 337 g/mol. The lowest BCUT2D eigenvalue weighted by molar-refractivity contribution is 0.669. The van der Waals surface area contributed by atoms with Crippen molar-refractivity contribution in [1.29, 1.82) is 0 Å². The lowest BCUT2D eigenvalue weighted by Crippen LogP contribution is -1.87. The van der Waals surface area contributed by atoms with Crippen LogP contribution in [0.15, 0.2) is 108 Å². The van der Waals surface area contributed by atoms with Crippen molar-refractivity contribution in [2.24, 2.45) is 0 Å². The van der Waals surface area contributed by atoms with Crippen LogP contribution in [0, 0.1) is 0 Å². The van der Waals surface area contributed by atoms with E-state index in [1.165, 1.54) is 0 Å². The third-order valence-electron chi connectivity index (χ3n) is 4.29. The zero-order valence-electron chi connectivity index (χ0n) is 14.4. The molecule has 1 N–H and O–H groups in total. The van der Waals surface area contributed by atoms with Gasteiger partial charge in [-0.2, -0.15) is 0 Å². The third kappa shape index (κ3) is 3.17. The Morgan fingerprint density at radius 2 is 1.62 bits per heavy atom. The fourth-order valence-corrected chi connectivity index (χ4v) is 3.04. The second-order valence-electron chi connectivity index (χ2n) is 6.01. The summed E-state index contributed by atoms with van der Waals surface area (Å²) in [5.74, 6) is 0. The first-order valence-electron chi connectivity index (χ1n) is 8.58. The number of benzene rings is 3. The Hall–Kier alpha value is -3.52. The molecule has 126 valence electrons. The van der Waals surface area contributed by atoms with Crippen molar-refractivity contribution in [3.8, 4) is 0 Å². The Kier molecular flexibility index (Phi) is 4.40. The highest BCUT2D eigenvalue weighted by molar-refractivity contribution is 6.06. The van der Waals surface area contributed by atoms with Gasteiger partial charge < -0.3 is 9.73 Å². The van der Waals surface area contributed by atoms with Gasteiger partial charge in [0.05, 0.1) is 0 Å². The Morgan fingerprint density at radius 3 is 2.46 bits per heavy atom. The minimum absolute atomic E-state index is 0.902. The van der Waals surface area contributed by atoms with Gasteiger partial charge in [-0.3, -0.25) is 0 Å². The maximum absolute atomic E-state index is 5.92. The van der Waals surface area contributed by atoms with Crippen LogP contribution in [0.1, 0.15) is 5.56 Å². The van der Waals surface area contributed by atoms with E-state index in [1.54, 1.807) is 6.08 Å². The van der Waals surface area contributed by atoms with Crippen LogP contribution in [0.5, 0.6) is 0 Å². The highest BCUT2D eigenvalue weighted by Gasteiger charge is 2.08. The van der Waals surface area contributed by atoms with Gasteiger partial charge in [0.25, 0.3) is 0 Å². The van der Waals surface area contributed by atoms with E-state index in [1.807, 2.05) is 66.9 Å². The van der Waals surface area contributed by atoms with Crippen LogP contribution in [-0.2, 0) is 0 Å². The molecule has 4 aromatic rings. The van der Waals surface area contributed by atoms with E-state index in [9.17, 15) is 0 Å². The Bertz CT molecular complexity index is 1120. The number of rotatable bonds is 5. The van der Waals surface area contributed by atoms with Crippen molar-refractivity contribution >= 4 is 33.2 Å². The maximum Gasteiger partial charge on any atom is 0.135 e. The average Bonchev–Trinajstić information content (AvgIpc) is 3.06. The van der Waals surface area contributed by atoms with Crippen LogP contribution in [-0.4, -0.2) is 0 Å². The quantitative estimate of drug-likeness (QED) is 0.406. The van der Waals surface area contributed by atoms with Crippen LogP contribution in [0.4, 0.5) is 5.69 Å². The summed E-state index contributed by atoms with van der Waals surface area (Å²) < 4.78 is 5.92. The Labute approximate surface area is 152 Å². The highest BCUT2D eigenvalue weighted by Crippen LogP contribution is 2.31. The van der Waals surface area contributed by atoms with Gasteiger partial charge in [0.2, 0.25) is 0 Å². The van der Waals surface area contributed by atoms with Crippen LogP contribution in [0.2, 0.25) is 0 Å². The summed E-state index contributed by atoms with van der Waals surface area (Å²) in [6, 6.07) is 24.5. The normalized spacial score (nSPS) is 12.1. The second-order valence-corrected chi connectivity index (χ2v) is 6.01. The van der Waals surface area contributed by atoms with Crippen LogP contribution < -0.4 is 5.32 Å². The largest absolute Gasteiger partial charge is 0.456 e. The molecule has 1 heterocycles. The minimum atomic E-state index is 0.902. The standard InChI is InChI=1S/C24H19NO/c1-2-8-18(15-16-25-20-9-4-3-5-10-20)19-13-14-24-22(17-19)21-11-6-7-12-23(21)26-24/h2-17,25H,1H2/b16-15-,18-8+. The zero-order chi connectivity index (χ0) is 17.8. The van der Waals surface area contributed by atoms with Crippen molar-refractivity contribution in [3.05, 3.63) is 109 Å². The topological polar surface area (TPSA) is 25.2 Å². The second kappa shape index (κ2) is 7.16. The van der Waals surface area contributed by atoms with Gasteiger partial charge in [-0.15, -0.1) is 0 Å². The molecule has 2 nitrogen and oxygen atoms in total. The molecule has 0 radical (unpaired) electrons. The Balaban J connectivity index is 1.69. The van der Waals surface area contributed by atoms with E-state index < -0.39 is 0 Å². The summed E-state index contributed by atoms with van der Waals surface area (Å²) in [5, 5.41) is 5.55. The lowest BCUT2D eigenvalue weighted by Gasteiger charge is -2.04. The number of hydrogen-bond acceptors (Lipinski definition) is 2. The lowest BCUT2D eigenvalue weighted by atomic mass is 10.0. The first-order chi connectivity index (χ1) is 12.8. The van der Waals surface area contributed by atoms with E-state index in [-0.39, 0.29) is 0 Å². The van der Waals surface area contributed by atoms with Crippen LogP contribution in [0.25, 0.3) is 27.5 Å². The number of furan rings is 1. The van der Waals surface area contributed by atoms with Gasteiger partial charge in [-0.05, 0) is 47.5 Å². The van der Waals surface area contributed by atoms with E-state index in [4.69, 9.17) is 4.42 Å². The summed E-state index contributed by atoms with van der Waals surface area (Å²) in [7, 11) is 0. The molecular formula is C24H19NO. The molecule has 1 aromatic heterocycles. The van der Waals surface area contributed by atoms with Crippen molar-refractivity contribution in [3.63, 3.8) is 0 Å². The molecule has 3 aromatic carbocycles. The van der Waals surface area contributed by atoms with Gasteiger partial charge >= 0.3 is 0 Å². The van der Waals surface area contributed by atoms with Gasteiger partial charge in [-0.1, -0.05) is 61.2 Å². The molecule has 0 bridgehead atoms. The number of fused-ring (bicyclic) bond motifs is 3. The molecule has 0 atom stereocenters. The molecule has 0 amide bonds. The number of hydrogen-bond donors (Lipinski definition) is 1. The summed E-state index contributed by atoms with van der Waals surface area (Å²) in [6.07, 6.45) is 7.81.